The average molecular weight is 392 g/mol. The number of rotatable bonds is 6. The molecule has 0 bridgehead atoms. The second-order valence-electron chi connectivity index (χ2n) is 6.58. The lowest BCUT2D eigenvalue weighted by molar-refractivity contribution is -0.135. The summed E-state index contributed by atoms with van der Waals surface area (Å²) >= 11 is 0. The Labute approximate surface area is 159 Å². The maximum atomic E-state index is 12.9. The molecule has 1 atom stereocenters. The first-order valence-corrected chi connectivity index (χ1v) is 10.2. The first-order valence-electron chi connectivity index (χ1n) is 8.75. The molecule has 0 spiro atoms. The molecule has 2 amide bonds. The van der Waals surface area contributed by atoms with Crippen LogP contribution in [0.4, 0.5) is 5.69 Å². The molecular weight excluding hydrogens is 368 g/mol. The number of benzene rings is 1. The summed E-state index contributed by atoms with van der Waals surface area (Å²) in [5.41, 5.74) is 0.521. The predicted octanol–water partition coefficient (Wildman–Crippen LogP) is 1.42. The highest BCUT2D eigenvalue weighted by atomic mass is 32.2. The number of sulfonamides is 1. The van der Waals surface area contributed by atoms with Crippen molar-refractivity contribution in [2.75, 3.05) is 32.0 Å². The zero-order chi connectivity index (χ0) is 20.0. The number of carbonyl (C=O) groups is 2. The normalized spacial score (nSPS) is 17.7. The van der Waals surface area contributed by atoms with Gasteiger partial charge in [-0.05, 0) is 37.1 Å². The Morgan fingerprint density at radius 1 is 1.33 bits per heavy atom. The third-order valence-electron chi connectivity index (χ3n) is 4.48. The van der Waals surface area contributed by atoms with Crippen molar-refractivity contribution in [3.63, 3.8) is 0 Å². The smallest absolute Gasteiger partial charge is 0.243 e. The number of piperidine rings is 1. The lowest BCUT2D eigenvalue weighted by Gasteiger charge is -2.33. The van der Waals surface area contributed by atoms with Crippen molar-refractivity contribution in [1.29, 1.82) is 5.26 Å². The fraction of sp³-hybridized carbons (Fsp3) is 0.500. The molecule has 9 heteroatoms. The topological polar surface area (TPSA) is 111 Å². The van der Waals surface area contributed by atoms with Gasteiger partial charge in [-0.15, -0.1) is 0 Å². The van der Waals surface area contributed by atoms with E-state index in [1.165, 1.54) is 40.4 Å². The van der Waals surface area contributed by atoms with Crippen LogP contribution < -0.4 is 5.32 Å². The highest BCUT2D eigenvalue weighted by Crippen LogP contribution is 2.25. The van der Waals surface area contributed by atoms with Crippen LogP contribution in [0.3, 0.4) is 0 Å². The molecule has 2 rings (SSSR count). The molecular formula is C18H24N4O4S. The molecule has 1 heterocycles. The van der Waals surface area contributed by atoms with Gasteiger partial charge in [0.05, 0.1) is 23.3 Å². The summed E-state index contributed by atoms with van der Waals surface area (Å²) < 4.78 is 27.1. The van der Waals surface area contributed by atoms with Crippen LogP contribution in [-0.2, 0) is 19.6 Å². The van der Waals surface area contributed by atoms with Gasteiger partial charge in [-0.1, -0.05) is 0 Å². The van der Waals surface area contributed by atoms with Gasteiger partial charge in [-0.25, -0.2) is 8.42 Å². The lowest BCUT2D eigenvalue weighted by Crippen LogP contribution is -2.46. The van der Waals surface area contributed by atoms with Gasteiger partial charge in [-0.3, -0.25) is 9.59 Å². The van der Waals surface area contributed by atoms with E-state index in [2.05, 4.69) is 5.32 Å². The molecule has 27 heavy (non-hydrogen) atoms. The summed E-state index contributed by atoms with van der Waals surface area (Å²) in [4.78, 5) is 25.2. The van der Waals surface area contributed by atoms with Crippen LogP contribution in [0.5, 0.6) is 0 Å². The molecule has 8 nitrogen and oxygen atoms in total. The molecule has 1 aromatic carbocycles. The average Bonchev–Trinajstić information content (AvgIpc) is 2.65. The van der Waals surface area contributed by atoms with Crippen LogP contribution in [0.25, 0.3) is 0 Å². The van der Waals surface area contributed by atoms with Crippen molar-refractivity contribution in [1.82, 2.24) is 9.21 Å². The van der Waals surface area contributed by atoms with Gasteiger partial charge in [0.25, 0.3) is 0 Å². The van der Waals surface area contributed by atoms with E-state index in [9.17, 15) is 18.0 Å². The van der Waals surface area contributed by atoms with Crippen LogP contribution in [0.15, 0.2) is 29.2 Å². The Kier molecular flexibility index (Phi) is 6.93. The largest absolute Gasteiger partial charge is 0.344 e. The monoisotopic (exact) mass is 392 g/mol. The second-order valence-corrected chi connectivity index (χ2v) is 8.51. The Morgan fingerprint density at radius 2 is 2.00 bits per heavy atom. The van der Waals surface area contributed by atoms with Gasteiger partial charge in [-0.2, -0.15) is 9.57 Å². The Bertz CT molecular complexity index is 830. The minimum absolute atomic E-state index is 0.127. The predicted molar refractivity (Wildman–Crippen MR) is 100 cm³/mol. The number of nitriles is 1. The quantitative estimate of drug-likeness (QED) is 0.787. The molecule has 1 aliphatic rings. The van der Waals surface area contributed by atoms with Crippen LogP contribution in [-0.4, -0.2) is 56.1 Å². The molecule has 0 unspecified atom stereocenters. The SMILES string of the molecule is CC(=O)Nc1ccc(S(=O)(=O)N2CCC[C@H](C(=O)N(C)CCC#N)C2)cc1. The third kappa shape index (κ3) is 5.28. The van der Waals surface area contributed by atoms with Crippen LogP contribution >= 0.6 is 0 Å². The number of hydrogen-bond donors (Lipinski definition) is 1. The third-order valence-corrected chi connectivity index (χ3v) is 6.36. The molecule has 1 fully saturated rings. The van der Waals surface area contributed by atoms with Gasteiger partial charge < -0.3 is 10.2 Å². The van der Waals surface area contributed by atoms with Crippen LogP contribution in [0, 0.1) is 17.2 Å². The molecule has 1 aliphatic heterocycles. The van der Waals surface area contributed by atoms with Crippen molar-refractivity contribution in [2.24, 2.45) is 5.92 Å². The minimum atomic E-state index is -3.72. The summed E-state index contributed by atoms with van der Waals surface area (Å²) in [5.74, 6) is -0.773. The van der Waals surface area contributed by atoms with Crippen molar-refractivity contribution in [2.45, 2.75) is 31.1 Å². The Morgan fingerprint density at radius 3 is 2.59 bits per heavy atom. The number of hydrogen-bond acceptors (Lipinski definition) is 5. The van der Waals surface area contributed by atoms with E-state index in [1.807, 2.05) is 6.07 Å². The molecule has 1 aromatic rings. The molecule has 146 valence electrons. The van der Waals surface area contributed by atoms with E-state index in [1.54, 1.807) is 7.05 Å². The van der Waals surface area contributed by atoms with E-state index >= 15 is 0 Å². The van der Waals surface area contributed by atoms with E-state index in [0.717, 1.165) is 0 Å². The van der Waals surface area contributed by atoms with Crippen molar-refractivity contribution in [3.05, 3.63) is 24.3 Å². The van der Waals surface area contributed by atoms with E-state index < -0.39 is 15.9 Å². The summed E-state index contributed by atoms with van der Waals surface area (Å²) in [6, 6.07) is 7.98. The van der Waals surface area contributed by atoms with Crippen LogP contribution in [0.2, 0.25) is 0 Å². The summed E-state index contributed by atoms with van der Waals surface area (Å²) in [6.45, 7) is 2.21. The van der Waals surface area contributed by atoms with Gasteiger partial charge in [0.15, 0.2) is 0 Å². The number of anilines is 1. The molecule has 1 N–H and O–H groups in total. The molecule has 0 aromatic heterocycles. The van der Waals surface area contributed by atoms with Crippen LogP contribution in [0.1, 0.15) is 26.2 Å². The van der Waals surface area contributed by atoms with Gasteiger partial charge >= 0.3 is 0 Å². The van der Waals surface area contributed by atoms with Crippen molar-refractivity contribution >= 4 is 27.5 Å². The molecule has 0 saturated carbocycles. The maximum Gasteiger partial charge on any atom is 0.243 e. The summed E-state index contributed by atoms with van der Waals surface area (Å²) in [6.07, 6.45) is 1.48. The van der Waals surface area contributed by atoms with E-state index in [0.29, 0.717) is 31.6 Å². The summed E-state index contributed by atoms with van der Waals surface area (Å²) in [7, 11) is -2.09. The van der Waals surface area contributed by atoms with E-state index in [4.69, 9.17) is 5.26 Å². The zero-order valence-electron chi connectivity index (χ0n) is 15.5. The maximum absolute atomic E-state index is 12.9. The molecule has 0 radical (unpaired) electrons. The Balaban J connectivity index is 2.10. The number of amides is 2. The van der Waals surface area contributed by atoms with Gasteiger partial charge in [0.2, 0.25) is 21.8 Å². The summed E-state index contributed by atoms with van der Waals surface area (Å²) in [5, 5.41) is 11.2. The standard InChI is InChI=1S/C18H24N4O4S/c1-14(23)20-16-6-8-17(9-7-16)27(25,26)22-12-3-5-15(13-22)18(24)21(2)11-4-10-19/h6-9,15H,3-5,11-13H2,1-2H3,(H,20,23)/t15-/m0/s1. The van der Waals surface area contributed by atoms with Crippen molar-refractivity contribution < 1.29 is 18.0 Å². The first-order chi connectivity index (χ1) is 12.8. The number of nitrogens with zero attached hydrogens (tertiary/aromatic N) is 3. The fourth-order valence-electron chi connectivity index (χ4n) is 3.06. The fourth-order valence-corrected chi connectivity index (χ4v) is 4.59. The number of carbonyl (C=O) groups excluding carboxylic acids is 2. The van der Waals surface area contributed by atoms with E-state index in [-0.39, 0.29) is 29.7 Å². The highest BCUT2D eigenvalue weighted by Gasteiger charge is 2.34. The van der Waals surface area contributed by atoms with Gasteiger partial charge in [0.1, 0.15) is 0 Å². The molecule has 0 aliphatic carbocycles. The van der Waals surface area contributed by atoms with Gasteiger partial charge in [0, 0.05) is 39.3 Å². The Hall–Kier alpha value is -2.44. The lowest BCUT2D eigenvalue weighted by atomic mass is 9.98. The zero-order valence-corrected chi connectivity index (χ0v) is 16.3. The second kappa shape index (κ2) is 8.97. The highest BCUT2D eigenvalue weighted by molar-refractivity contribution is 7.89. The first kappa shape index (κ1) is 20.9. The minimum Gasteiger partial charge on any atom is -0.344 e. The molecule has 1 saturated heterocycles. The number of nitrogens with one attached hydrogen (secondary N) is 1. The van der Waals surface area contributed by atoms with Crippen molar-refractivity contribution in [3.8, 4) is 6.07 Å².